The van der Waals surface area contributed by atoms with E-state index in [0.717, 1.165) is 22.1 Å². The van der Waals surface area contributed by atoms with Gasteiger partial charge < -0.3 is 9.78 Å². The molecule has 0 radical (unpaired) electrons. The van der Waals surface area contributed by atoms with Crippen molar-refractivity contribution in [2.75, 3.05) is 0 Å². The molecule has 0 aliphatic carbocycles. The van der Waals surface area contributed by atoms with Crippen LogP contribution in [0.1, 0.15) is 19.0 Å². The van der Waals surface area contributed by atoms with Crippen molar-refractivity contribution in [2.45, 2.75) is 19.8 Å². The Hall–Kier alpha value is -1.09. The first-order valence-corrected chi connectivity index (χ1v) is 5.71. The van der Waals surface area contributed by atoms with Crippen LogP contribution in [0.15, 0.2) is 28.7 Å². The number of rotatable bonds is 3. The Morgan fingerprint density at radius 2 is 2.20 bits per heavy atom. The van der Waals surface area contributed by atoms with Gasteiger partial charge in [-0.25, -0.2) is 0 Å². The minimum Gasteiger partial charge on any atom is -0.358 e. The van der Waals surface area contributed by atoms with Gasteiger partial charge in [-0.3, -0.25) is 0 Å². The summed E-state index contributed by atoms with van der Waals surface area (Å²) in [7, 11) is 0. The number of halogens is 1. The van der Waals surface area contributed by atoms with Gasteiger partial charge in [0.15, 0.2) is 0 Å². The summed E-state index contributed by atoms with van der Waals surface area (Å²) in [4.78, 5) is 14.2. The topological polar surface area (TPSA) is 32.9 Å². The number of hydrogen-bond acceptors (Lipinski definition) is 1. The van der Waals surface area contributed by atoms with E-state index in [2.05, 4.69) is 33.0 Å². The van der Waals surface area contributed by atoms with Crippen molar-refractivity contribution in [3.8, 4) is 0 Å². The Balaban J connectivity index is 2.27. The van der Waals surface area contributed by atoms with Gasteiger partial charge in [-0.05, 0) is 36.9 Å². The van der Waals surface area contributed by atoms with E-state index in [0.29, 0.717) is 6.42 Å². The Labute approximate surface area is 96.8 Å². The minimum absolute atomic E-state index is 0.231. The maximum Gasteiger partial charge on any atom is 0.130 e. The molecular formula is C12H12BrNO. The number of aryl methyl sites for hydroxylation is 1. The van der Waals surface area contributed by atoms with Crippen LogP contribution >= 0.6 is 15.9 Å². The Bertz CT molecular complexity index is 501. The van der Waals surface area contributed by atoms with E-state index in [-0.39, 0.29) is 5.78 Å². The molecule has 3 heteroatoms. The maximum absolute atomic E-state index is 10.9. The van der Waals surface area contributed by atoms with E-state index in [1.54, 1.807) is 6.92 Å². The number of hydrogen-bond donors (Lipinski definition) is 1. The van der Waals surface area contributed by atoms with Gasteiger partial charge in [0.25, 0.3) is 0 Å². The quantitative estimate of drug-likeness (QED) is 0.906. The molecule has 78 valence electrons. The molecule has 1 N–H and O–H groups in total. The Kier molecular flexibility index (Phi) is 2.91. The van der Waals surface area contributed by atoms with E-state index in [1.165, 1.54) is 5.39 Å². The van der Waals surface area contributed by atoms with E-state index in [1.807, 2.05) is 12.1 Å². The van der Waals surface area contributed by atoms with Crippen molar-refractivity contribution in [3.63, 3.8) is 0 Å². The van der Waals surface area contributed by atoms with Crippen molar-refractivity contribution in [1.82, 2.24) is 4.98 Å². The number of ketones is 1. The average molecular weight is 266 g/mol. The lowest BCUT2D eigenvalue weighted by molar-refractivity contribution is -0.116. The lowest BCUT2D eigenvalue weighted by atomic mass is 10.2. The number of fused-ring (bicyclic) bond motifs is 1. The SMILES string of the molecule is CC(=O)CCc1cc2ccc(Br)cc2[nH]1. The van der Waals surface area contributed by atoms with Crippen molar-refractivity contribution in [2.24, 2.45) is 0 Å². The first-order chi connectivity index (χ1) is 7.15. The van der Waals surface area contributed by atoms with Crippen molar-refractivity contribution in [1.29, 1.82) is 0 Å². The van der Waals surface area contributed by atoms with Crippen molar-refractivity contribution < 1.29 is 4.79 Å². The molecule has 2 nitrogen and oxygen atoms in total. The monoisotopic (exact) mass is 265 g/mol. The van der Waals surface area contributed by atoms with E-state index >= 15 is 0 Å². The van der Waals surface area contributed by atoms with Crippen LogP contribution in [0.2, 0.25) is 0 Å². The van der Waals surface area contributed by atoms with Gasteiger partial charge >= 0.3 is 0 Å². The fraction of sp³-hybridized carbons (Fsp3) is 0.250. The molecular weight excluding hydrogens is 254 g/mol. The molecule has 0 bridgehead atoms. The first kappa shape index (κ1) is 10.4. The van der Waals surface area contributed by atoms with Crippen LogP contribution in [0.5, 0.6) is 0 Å². The van der Waals surface area contributed by atoms with Crippen LogP contribution in [-0.4, -0.2) is 10.8 Å². The second-order valence-corrected chi connectivity index (χ2v) is 4.64. The van der Waals surface area contributed by atoms with Gasteiger partial charge in [-0.2, -0.15) is 0 Å². The molecule has 2 aromatic rings. The lowest BCUT2D eigenvalue weighted by Crippen LogP contribution is -1.93. The minimum atomic E-state index is 0.231. The molecule has 0 spiro atoms. The van der Waals surface area contributed by atoms with Gasteiger partial charge in [0.2, 0.25) is 0 Å². The number of aromatic amines is 1. The average Bonchev–Trinajstić information content (AvgIpc) is 2.56. The fourth-order valence-corrected chi connectivity index (χ4v) is 1.97. The molecule has 1 heterocycles. The Morgan fingerprint density at radius 3 is 2.93 bits per heavy atom. The third kappa shape index (κ3) is 2.48. The standard InChI is InChI=1S/C12H12BrNO/c1-8(15)2-5-11-6-9-3-4-10(13)7-12(9)14-11/h3-4,6-7,14H,2,5H2,1H3. The lowest BCUT2D eigenvalue weighted by Gasteiger charge is -1.92. The molecule has 15 heavy (non-hydrogen) atoms. The number of carbonyl (C=O) groups is 1. The molecule has 0 amide bonds. The van der Waals surface area contributed by atoms with Gasteiger partial charge in [0.1, 0.15) is 5.78 Å². The zero-order chi connectivity index (χ0) is 10.8. The summed E-state index contributed by atoms with van der Waals surface area (Å²) < 4.78 is 1.06. The molecule has 0 aliphatic rings. The van der Waals surface area contributed by atoms with Crippen molar-refractivity contribution in [3.05, 3.63) is 34.4 Å². The summed E-state index contributed by atoms with van der Waals surface area (Å²) in [5.74, 6) is 0.231. The van der Waals surface area contributed by atoms with Crippen LogP contribution in [0.25, 0.3) is 10.9 Å². The number of benzene rings is 1. The zero-order valence-corrected chi connectivity index (χ0v) is 10.1. The molecule has 1 aromatic carbocycles. The van der Waals surface area contributed by atoms with E-state index in [4.69, 9.17) is 0 Å². The third-order valence-corrected chi connectivity index (χ3v) is 2.88. The molecule has 0 atom stereocenters. The highest BCUT2D eigenvalue weighted by Gasteiger charge is 2.02. The summed E-state index contributed by atoms with van der Waals surface area (Å²) in [6.45, 7) is 1.62. The van der Waals surface area contributed by atoms with Crippen LogP contribution in [-0.2, 0) is 11.2 Å². The highest BCUT2D eigenvalue weighted by molar-refractivity contribution is 9.10. The molecule has 0 aliphatic heterocycles. The normalized spacial score (nSPS) is 10.8. The number of carbonyl (C=O) groups excluding carboxylic acids is 1. The summed E-state index contributed by atoms with van der Waals surface area (Å²) in [6.07, 6.45) is 1.40. The Morgan fingerprint density at radius 1 is 1.40 bits per heavy atom. The maximum atomic E-state index is 10.9. The highest BCUT2D eigenvalue weighted by atomic mass is 79.9. The van der Waals surface area contributed by atoms with Gasteiger partial charge in [-0.1, -0.05) is 22.0 Å². The zero-order valence-electron chi connectivity index (χ0n) is 8.51. The first-order valence-electron chi connectivity index (χ1n) is 4.92. The van der Waals surface area contributed by atoms with E-state index in [9.17, 15) is 4.79 Å². The van der Waals surface area contributed by atoms with Crippen molar-refractivity contribution >= 4 is 32.6 Å². The molecule has 1 aromatic heterocycles. The number of aromatic nitrogens is 1. The number of Topliss-reactive ketones (excluding diaryl/α,β-unsaturated/α-hetero) is 1. The molecule has 0 saturated carbocycles. The molecule has 2 rings (SSSR count). The number of nitrogens with one attached hydrogen (secondary N) is 1. The van der Waals surface area contributed by atoms with Crippen LogP contribution in [0.3, 0.4) is 0 Å². The molecule has 0 fully saturated rings. The molecule has 0 unspecified atom stereocenters. The number of H-pyrrole nitrogens is 1. The van der Waals surface area contributed by atoms with E-state index < -0.39 is 0 Å². The predicted octanol–water partition coefficient (Wildman–Crippen LogP) is 3.45. The van der Waals surface area contributed by atoms with Crippen LogP contribution < -0.4 is 0 Å². The molecule has 0 saturated heterocycles. The van der Waals surface area contributed by atoms with Gasteiger partial charge in [-0.15, -0.1) is 0 Å². The van der Waals surface area contributed by atoms with Gasteiger partial charge in [0.05, 0.1) is 0 Å². The van der Waals surface area contributed by atoms with Gasteiger partial charge in [0, 0.05) is 22.1 Å². The summed E-state index contributed by atoms with van der Waals surface area (Å²) >= 11 is 3.43. The second-order valence-electron chi connectivity index (χ2n) is 3.73. The predicted molar refractivity (Wildman–Crippen MR) is 65.0 cm³/mol. The summed E-state index contributed by atoms with van der Waals surface area (Å²) in [5, 5.41) is 1.19. The summed E-state index contributed by atoms with van der Waals surface area (Å²) in [5.41, 5.74) is 2.24. The van der Waals surface area contributed by atoms with Crippen LogP contribution in [0.4, 0.5) is 0 Å². The fourth-order valence-electron chi connectivity index (χ4n) is 1.60. The smallest absolute Gasteiger partial charge is 0.130 e. The second kappa shape index (κ2) is 4.19. The summed E-state index contributed by atoms with van der Waals surface area (Å²) in [6, 6.07) is 8.23. The third-order valence-electron chi connectivity index (χ3n) is 2.39. The largest absolute Gasteiger partial charge is 0.358 e. The van der Waals surface area contributed by atoms with Crippen LogP contribution in [0, 0.1) is 0 Å². The highest BCUT2D eigenvalue weighted by Crippen LogP contribution is 2.20.